The molecule has 2 rings (SSSR count). The lowest BCUT2D eigenvalue weighted by atomic mass is 9.90. The van der Waals surface area contributed by atoms with E-state index in [0.29, 0.717) is 31.3 Å². The number of hydrogen-bond donors (Lipinski definition) is 2. The molecule has 0 radical (unpaired) electrons. The Labute approximate surface area is 161 Å². The van der Waals surface area contributed by atoms with E-state index in [0.717, 1.165) is 13.0 Å². The summed E-state index contributed by atoms with van der Waals surface area (Å²) in [6, 6.07) is 3.14. The number of rotatable bonds is 7. The third-order valence-electron chi connectivity index (χ3n) is 4.68. The van der Waals surface area contributed by atoms with Crippen LogP contribution < -0.4 is 15.5 Å². The molecular weight excluding hydrogens is 369 g/mol. The Kier molecular flexibility index (Phi) is 7.02. The minimum absolute atomic E-state index is 0.136. The number of nitrogens with one attached hydrogen (secondary N) is 2. The van der Waals surface area contributed by atoms with Crippen molar-refractivity contribution in [3.63, 3.8) is 0 Å². The topological polar surface area (TPSA) is 86.7 Å². The summed E-state index contributed by atoms with van der Waals surface area (Å²) in [5, 5.41) is 6.63. The van der Waals surface area contributed by atoms with Gasteiger partial charge in [-0.1, -0.05) is 13.8 Å². The van der Waals surface area contributed by atoms with Gasteiger partial charge in [0.05, 0.1) is 5.75 Å². The van der Waals surface area contributed by atoms with E-state index in [1.54, 1.807) is 19.3 Å². The Balaban J connectivity index is 1.84. The fourth-order valence-corrected chi connectivity index (χ4v) is 3.86. The molecule has 1 fully saturated rings. The number of halogens is 1. The average molecular weight is 400 g/mol. The van der Waals surface area contributed by atoms with Gasteiger partial charge in [-0.2, -0.15) is 0 Å². The van der Waals surface area contributed by atoms with Crippen LogP contribution in [0.2, 0.25) is 0 Å². The quantitative estimate of drug-likeness (QED) is 0.533. The standard InChI is InChI=1S/C18H30FN5O2S/c1-18(2,8-11-27(4,25)26)13-22-17(20-3)23-14-7-10-24(12-14)16-15(19)6-5-9-21-16/h5-6,9,14H,7-8,10-13H2,1-4H3,(H2,20,22,23). The van der Waals surface area contributed by atoms with Gasteiger partial charge in [-0.25, -0.2) is 17.8 Å². The van der Waals surface area contributed by atoms with Crippen LogP contribution in [0.3, 0.4) is 0 Å². The second-order valence-electron chi connectivity index (χ2n) is 7.85. The lowest BCUT2D eigenvalue weighted by Crippen LogP contribution is -2.47. The van der Waals surface area contributed by atoms with Crippen LogP contribution in [0.5, 0.6) is 0 Å². The number of aromatic nitrogens is 1. The molecule has 152 valence electrons. The van der Waals surface area contributed by atoms with Crippen molar-refractivity contribution < 1.29 is 12.8 Å². The van der Waals surface area contributed by atoms with Gasteiger partial charge in [0.1, 0.15) is 9.84 Å². The van der Waals surface area contributed by atoms with E-state index in [2.05, 4.69) is 20.6 Å². The van der Waals surface area contributed by atoms with E-state index in [9.17, 15) is 12.8 Å². The highest BCUT2D eigenvalue weighted by Gasteiger charge is 2.26. The molecule has 0 bridgehead atoms. The van der Waals surface area contributed by atoms with Gasteiger partial charge in [0.25, 0.3) is 0 Å². The third kappa shape index (κ3) is 6.97. The monoisotopic (exact) mass is 399 g/mol. The lowest BCUT2D eigenvalue weighted by molar-refractivity contribution is 0.348. The molecular formula is C18H30FN5O2S. The molecule has 0 amide bonds. The van der Waals surface area contributed by atoms with Crippen LogP contribution >= 0.6 is 0 Å². The van der Waals surface area contributed by atoms with Gasteiger partial charge >= 0.3 is 0 Å². The Morgan fingerprint density at radius 2 is 2.22 bits per heavy atom. The van der Waals surface area contributed by atoms with Crippen molar-refractivity contribution >= 4 is 21.6 Å². The predicted molar refractivity (Wildman–Crippen MR) is 107 cm³/mol. The Morgan fingerprint density at radius 1 is 1.48 bits per heavy atom. The summed E-state index contributed by atoms with van der Waals surface area (Å²) >= 11 is 0. The molecule has 1 aromatic rings. The normalized spacial score (nSPS) is 18.6. The van der Waals surface area contributed by atoms with Gasteiger partial charge in [0.2, 0.25) is 0 Å². The van der Waals surface area contributed by atoms with Crippen molar-refractivity contribution in [3.8, 4) is 0 Å². The van der Waals surface area contributed by atoms with E-state index < -0.39 is 9.84 Å². The Morgan fingerprint density at radius 3 is 2.85 bits per heavy atom. The molecule has 0 spiro atoms. The molecule has 1 aliphatic heterocycles. The molecule has 7 nitrogen and oxygen atoms in total. The van der Waals surface area contributed by atoms with Crippen molar-refractivity contribution in [3.05, 3.63) is 24.1 Å². The Hall–Kier alpha value is -1.90. The number of sulfone groups is 1. The maximum atomic E-state index is 13.9. The first-order valence-corrected chi connectivity index (χ1v) is 11.2. The van der Waals surface area contributed by atoms with Gasteiger partial charge in [-0.05, 0) is 30.4 Å². The lowest BCUT2D eigenvalue weighted by Gasteiger charge is -2.27. The summed E-state index contributed by atoms with van der Waals surface area (Å²) in [4.78, 5) is 10.3. The summed E-state index contributed by atoms with van der Waals surface area (Å²) in [6.07, 6.45) is 4.28. The molecule has 1 aromatic heterocycles. The van der Waals surface area contributed by atoms with E-state index in [-0.39, 0.29) is 23.0 Å². The molecule has 0 aromatic carbocycles. The zero-order chi connectivity index (χ0) is 20.1. The van der Waals surface area contributed by atoms with Crippen LogP contribution in [-0.2, 0) is 9.84 Å². The highest BCUT2D eigenvalue weighted by Crippen LogP contribution is 2.21. The van der Waals surface area contributed by atoms with Crippen LogP contribution in [0.4, 0.5) is 10.2 Å². The first-order chi connectivity index (χ1) is 12.6. The van der Waals surface area contributed by atoms with E-state index in [1.165, 1.54) is 12.3 Å². The maximum absolute atomic E-state index is 13.9. The van der Waals surface area contributed by atoms with Gasteiger partial charge in [0.15, 0.2) is 17.6 Å². The van der Waals surface area contributed by atoms with Crippen LogP contribution in [0.1, 0.15) is 26.7 Å². The first kappa shape index (κ1) is 21.4. The SMILES string of the molecule is CN=C(NCC(C)(C)CCS(C)(=O)=O)NC1CCN(c2ncccc2F)C1. The Bertz CT molecular complexity index is 767. The number of pyridine rings is 1. The van der Waals surface area contributed by atoms with Gasteiger partial charge in [0, 0.05) is 45.2 Å². The zero-order valence-corrected chi connectivity index (χ0v) is 17.3. The molecule has 0 saturated carbocycles. The highest BCUT2D eigenvalue weighted by molar-refractivity contribution is 7.90. The molecule has 2 N–H and O–H groups in total. The second-order valence-corrected chi connectivity index (χ2v) is 10.1. The smallest absolute Gasteiger partial charge is 0.191 e. The fraction of sp³-hybridized carbons (Fsp3) is 0.667. The fourth-order valence-electron chi connectivity index (χ4n) is 2.94. The molecule has 2 heterocycles. The average Bonchev–Trinajstić information content (AvgIpc) is 3.05. The van der Waals surface area contributed by atoms with Crippen LogP contribution in [0.25, 0.3) is 0 Å². The largest absolute Gasteiger partial charge is 0.356 e. The first-order valence-electron chi connectivity index (χ1n) is 9.10. The van der Waals surface area contributed by atoms with Crippen LogP contribution in [-0.4, -0.2) is 64.1 Å². The summed E-state index contributed by atoms with van der Waals surface area (Å²) in [5.74, 6) is 0.900. The second kappa shape index (κ2) is 8.86. The van der Waals surface area contributed by atoms with Crippen molar-refractivity contribution in [2.45, 2.75) is 32.7 Å². The maximum Gasteiger partial charge on any atom is 0.191 e. The van der Waals surface area contributed by atoms with Crippen molar-refractivity contribution in [1.82, 2.24) is 15.6 Å². The summed E-state index contributed by atoms with van der Waals surface area (Å²) < 4.78 is 36.7. The van der Waals surface area contributed by atoms with E-state index in [4.69, 9.17) is 0 Å². The molecule has 0 aliphatic carbocycles. The van der Waals surface area contributed by atoms with Gasteiger partial charge in [-0.15, -0.1) is 0 Å². The van der Waals surface area contributed by atoms with Gasteiger partial charge < -0.3 is 15.5 Å². The number of hydrogen-bond acceptors (Lipinski definition) is 5. The van der Waals surface area contributed by atoms with Crippen molar-refractivity contribution in [1.29, 1.82) is 0 Å². The summed E-state index contributed by atoms with van der Waals surface area (Å²) in [6.45, 7) is 6.03. The molecule has 1 atom stereocenters. The van der Waals surface area contributed by atoms with E-state index >= 15 is 0 Å². The van der Waals surface area contributed by atoms with Crippen molar-refractivity contribution in [2.24, 2.45) is 10.4 Å². The molecule has 1 aliphatic rings. The van der Waals surface area contributed by atoms with Crippen LogP contribution in [0.15, 0.2) is 23.3 Å². The predicted octanol–water partition coefficient (Wildman–Crippen LogP) is 1.43. The molecule has 9 heteroatoms. The minimum Gasteiger partial charge on any atom is -0.356 e. The third-order valence-corrected chi connectivity index (χ3v) is 5.62. The van der Waals surface area contributed by atoms with Crippen LogP contribution in [0, 0.1) is 11.2 Å². The zero-order valence-electron chi connectivity index (χ0n) is 16.5. The molecule has 1 saturated heterocycles. The van der Waals surface area contributed by atoms with Crippen molar-refractivity contribution in [2.75, 3.05) is 43.6 Å². The minimum atomic E-state index is -2.97. The number of anilines is 1. The number of guanidine groups is 1. The number of aliphatic imine (C=N–C) groups is 1. The number of nitrogens with zero attached hydrogens (tertiary/aromatic N) is 3. The molecule has 27 heavy (non-hydrogen) atoms. The van der Waals surface area contributed by atoms with Gasteiger partial charge in [-0.3, -0.25) is 4.99 Å². The highest BCUT2D eigenvalue weighted by atomic mass is 32.2. The molecule has 1 unspecified atom stereocenters. The summed E-state index contributed by atoms with van der Waals surface area (Å²) in [5.41, 5.74) is -0.181. The summed E-state index contributed by atoms with van der Waals surface area (Å²) in [7, 11) is -1.27. The van der Waals surface area contributed by atoms with E-state index in [1.807, 2.05) is 18.7 Å².